The van der Waals surface area contributed by atoms with Gasteiger partial charge in [0.1, 0.15) is 5.82 Å². The summed E-state index contributed by atoms with van der Waals surface area (Å²) >= 11 is 0. The molecule has 1 aromatic heterocycles. The van der Waals surface area contributed by atoms with Crippen LogP contribution in [0.15, 0.2) is 12.1 Å². The van der Waals surface area contributed by atoms with Crippen molar-refractivity contribution in [1.82, 2.24) is 9.88 Å². The molecule has 0 bridgehead atoms. The second-order valence-electron chi connectivity index (χ2n) is 6.00. The third kappa shape index (κ3) is 4.17. The summed E-state index contributed by atoms with van der Waals surface area (Å²) < 4.78 is 0. The Morgan fingerprint density at radius 3 is 2.90 bits per heavy atom. The van der Waals surface area contributed by atoms with Crippen molar-refractivity contribution in [2.24, 2.45) is 0 Å². The molecule has 5 nitrogen and oxygen atoms in total. The first kappa shape index (κ1) is 15.8. The normalized spacial score (nSPS) is 19.7. The van der Waals surface area contributed by atoms with E-state index in [-0.39, 0.29) is 5.92 Å². The predicted molar refractivity (Wildman–Crippen MR) is 84.0 cm³/mol. The molecule has 1 saturated heterocycles. The molecular formula is C16H25N3O2. The lowest BCUT2D eigenvalue weighted by molar-refractivity contribution is 0.0696. The predicted octanol–water partition coefficient (Wildman–Crippen LogP) is 2.80. The van der Waals surface area contributed by atoms with E-state index in [4.69, 9.17) is 0 Å². The molecule has 0 aromatic carbocycles. The van der Waals surface area contributed by atoms with Gasteiger partial charge in [0.25, 0.3) is 0 Å². The first-order valence-corrected chi connectivity index (χ1v) is 7.73. The lowest BCUT2D eigenvalue weighted by atomic mass is 10.0. The number of rotatable bonds is 5. The number of carbonyl (C=O) groups is 1. The van der Waals surface area contributed by atoms with Gasteiger partial charge < -0.3 is 15.3 Å². The van der Waals surface area contributed by atoms with E-state index in [0.29, 0.717) is 17.4 Å². The maximum atomic E-state index is 11.3. The minimum absolute atomic E-state index is 0.211. The van der Waals surface area contributed by atoms with Crippen molar-refractivity contribution < 1.29 is 9.90 Å². The van der Waals surface area contributed by atoms with Gasteiger partial charge in [-0.1, -0.05) is 20.8 Å². The highest BCUT2D eigenvalue weighted by atomic mass is 16.4. The van der Waals surface area contributed by atoms with Gasteiger partial charge in [-0.15, -0.1) is 0 Å². The largest absolute Gasteiger partial charge is 0.478 e. The smallest absolute Gasteiger partial charge is 0.335 e. The molecule has 5 heteroatoms. The van der Waals surface area contributed by atoms with Crippen LogP contribution < -0.4 is 5.32 Å². The molecule has 2 heterocycles. The fourth-order valence-corrected chi connectivity index (χ4v) is 2.71. The molecule has 1 unspecified atom stereocenters. The van der Waals surface area contributed by atoms with Gasteiger partial charge in [-0.3, -0.25) is 0 Å². The SMILES string of the molecule is CCN1CCCC(Nc2cc(C(=O)O)cc(C(C)C)n2)C1. The van der Waals surface area contributed by atoms with E-state index in [1.165, 1.54) is 6.42 Å². The first-order valence-electron chi connectivity index (χ1n) is 7.73. The van der Waals surface area contributed by atoms with Gasteiger partial charge in [0.15, 0.2) is 0 Å². The molecule has 2 N–H and O–H groups in total. The van der Waals surface area contributed by atoms with Crippen molar-refractivity contribution >= 4 is 11.8 Å². The lowest BCUT2D eigenvalue weighted by Crippen LogP contribution is -2.42. The summed E-state index contributed by atoms with van der Waals surface area (Å²) in [6, 6.07) is 3.64. The standard InChI is InChI=1S/C16H25N3O2/c1-4-19-7-5-6-13(10-19)17-15-9-12(16(20)21)8-14(18-15)11(2)3/h8-9,11,13H,4-7,10H2,1-3H3,(H,17,18)(H,20,21). The zero-order valence-electron chi connectivity index (χ0n) is 13.1. The first-order chi connectivity index (χ1) is 9.99. The summed E-state index contributed by atoms with van der Waals surface area (Å²) in [6.07, 6.45) is 2.27. The number of carboxylic acids is 1. The quantitative estimate of drug-likeness (QED) is 0.873. The molecule has 2 rings (SSSR count). The van der Waals surface area contributed by atoms with Crippen LogP contribution in [0.3, 0.4) is 0 Å². The minimum atomic E-state index is -0.902. The van der Waals surface area contributed by atoms with Crippen LogP contribution in [0.5, 0.6) is 0 Å². The molecule has 21 heavy (non-hydrogen) atoms. The molecular weight excluding hydrogens is 266 g/mol. The molecule has 1 atom stereocenters. The average Bonchev–Trinajstić information content (AvgIpc) is 2.47. The van der Waals surface area contributed by atoms with Crippen LogP contribution in [-0.4, -0.2) is 46.6 Å². The highest BCUT2D eigenvalue weighted by Gasteiger charge is 2.20. The fourth-order valence-electron chi connectivity index (χ4n) is 2.71. The van der Waals surface area contributed by atoms with Crippen molar-refractivity contribution in [3.05, 3.63) is 23.4 Å². The molecule has 0 saturated carbocycles. The topological polar surface area (TPSA) is 65.5 Å². The molecule has 1 aromatic rings. The molecule has 0 radical (unpaired) electrons. The summed E-state index contributed by atoms with van der Waals surface area (Å²) in [5, 5.41) is 12.7. The molecule has 0 amide bonds. The van der Waals surface area contributed by atoms with Crippen molar-refractivity contribution in [1.29, 1.82) is 0 Å². The third-order valence-corrected chi connectivity index (χ3v) is 3.99. The average molecular weight is 291 g/mol. The maximum Gasteiger partial charge on any atom is 0.335 e. The van der Waals surface area contributed by atoms with Crippen LogP contribution in [0, 0.1) is 0 Å². The zero-order valence-corrected chi connectivity index (χ0v) is 13.1. The van der Waals surface area contributed by atoms with Gasteiger partial charge >= 0.3 is 5.97 Å². The number of hydrogen-bond acceptors (Lipinski definition) is 4. The number of likely N-dealkylation sites (N-methyl/N-ethyl adjacent to an activating group) is 1. The summed E-state index contributed by atoms with van der Waals surface area (Å²) in [5.74, 6) is -0.00826. The highest BCUT2D eigenvalue weighted by Crippen LogP contribution is 2.20. The molecule has 1 aliphatic rings. The van der Waals surface area contributed by atoms with Gasteiger partial charge in [0.05, 0.1) is 5.56 Å². The van der Waals surface area contributed by atoms with Crippen molar-refractivity contribution in [2.75, 3.05) is 25.0 Å². The zero-order chi connectivity index (χ0) is 15.4. The van der Waals surface area contributed by atoms with E-state index < -0.39 is 5.97 Å². The highest BCUT2D eigenvalue weighted by molar-refractivity contribution is 5.88. The Hall–Kier alpha value is -1.62. The van der Waals surface area contributed by atoms with Gasteiger partial charge in [-0.2, -0.15) is 0 Å². The number of aromatic nitrogens is 1. The maximum absolute atomic E-state index is 11.3. The molecule has 1 aliphatic heterocycles. The second kappa shape index (κ2) is 6.89. The Bertz CT molecular complexity index is 502. The van der Waals surface area contributed by atoms with Crippen LogP contribution in [0.2, 0.25) is 0 Å². The van der Waals surface area contributed by atoms with Crippen LogP contribution >= 0.6 is 0 Å². The Labute approximate surface area is 126 Å². The number of nitrogens with one attached hydrogen (secondary N) is 1. The summed E-state index contributed by atoms with van der Waals surface area (Å²) in [5.41, 5.74) is 1.12. The number of hydrogen-bond donors (Lipinski definition) is 2. The van der Waals surface area contributed by atoms with E-state index in [9.17, 15) is 9.90 Å². The van der Waals surface area contributed by atoms with E-state index in [0.717, 1.165) is 31.7 Å². The Morgan fingerprint density at radius 1 is 1.52 bits per heavy atom. The van der Waals surface area contributed by atoms with Gasteiger partial charge in [0, 0.05) is 18.3 Å². The van der Waals surface area contributed by atoms with Gasteiger partial charge in [-0.25, -0.2) is 9.78 Å². The van der Waals surface area contributed by atoms with E-state index in [2.05, 4.69) is 22.1 Å². The van der Waals surface area contributed by atoms with E-state index in [1.54, 1.807) is 12.1 Å². The number of piperidine rings is 1. The molecule has 0 spiro atoms. The Balaban J connectivity index is 2.16. The van der Waals surface area contributed by atoms with E-state index >= 15 is 0 Å². The monoisotopic (exact) mass is 291 g/mol. The van der Waals surface area contributed by atoms with Crippen molar-refractivity contribution in [2.45, 2.75) is 45.6 Å². The van der Waals surface area contributed by atoms with Crippen molar-refractivity contribution in [3.63, 3.8) is 0 Å². The molecule has 116 valence electrons. The van der Waals surface area contributed by atoms with Crippen LogP contribution in [0.4, 0.5) is 5.82 Å². The number of pyridine rings is 1. The Kier molecular flexibility index (Phi) is 5.17. The molecule has 0 aliphatic carbocycles. The summed E-state index contributed by atoms with van der Waals surface area (Å²) in [6.45, 7) is 9.41. The van der Waals surface area contributed by atoms with Crippen LogP contribution in [0.1, 0.15) is 55.6 Å². The number of likely N-dealkylation sites (tertiary alicyclic amines) is 1. The van der Waals surface area contributed by atoms with Crippen LogP contribution in [-0.2, 0) is 0 Å². The number of carboxylic acid groups (broad SMARTS) is 1. The third-order valence-electron chi connectivity index (χ3n) is 3.99. The Morgan fingerprint density at radius 2 is 2.29 bits per heavy atom. The summed E-state index contributed by atoms with van der Waals surface area (Å²) in [4.78, 5) is 18.2. The van der Waals surface area contributed by atoms with Crippen LogP contribution in [0.25, 0.3) is 0 Å². The number of anilines is 1. The lowest BCUT2D eigenvalue weighted by Gasteiger charge is -2.32. The minimum Gasteiger partial charge on any atom is -0.478 e. The van der Waals surface area contributed by atoms with Crippen molar-refractivity contribution in [3.8, 4) is 0 Å². The fraction of sp³-hybridized carbons (Fsp3) is 0.625. The van der Waals surface area contributed by atoms with Gasteiger partial charge in [0.2, 0.25) is 0 Å². The summed E-state index contributed by atoms with van der Waals surface area (Å²) in [7, 11) is 0. The van der Waals surface area contributed by atoms with E-state index in [1.807, 2.05) is 13.8 Å². The molecule has 1 fully saturated rings. The number of nitrogens with zero attached hydrogens (tertiary/aromatic N) is 2. The second-order valence-corrected chi connectivity index (χ2v) is 6.00. The number of aromatic carboxylic acids is 1. The van der Waals surface area contributed by atoms with Gasteiger partial charge in [-0.05, 0) is 44.0 Å².